The summed E-state index contributed by atoms with van der Waals surface area (Å²) in [5, 5.41) is 9.10. The van der Waals surface area contributed by atoms with E-state index in [4.69, 9.17) is 5.11 Å². The average Bonchev–Trinajstić information content (AvgIpc) is 2.81. The molecule has 88 valence electrons. The molecule has 1 N–H and O–H groups in total. The molecule has 0 aromatic heterocycles. The van der Waals surface area contributed by atoms with E-state index in [0.717, 1.165) is 25.9 Å². The summed E-state index contributed by atoms with van der Waals surface area (Å²) in [6.45, 7) is 1.59. The number of hydrogen-bond acceptors (Lipinski definition) is 2. The fourth-order valence-electron chi connectivity index (χ4n) is 2.53. The van der Waals surface area contributed by atoms with Gasteiger partial charge in [0.15, 0.2) is 0 Å². The molecule has 1 aliphatic carbocycles. The van der Waals surface area contributed by atoms with Crippen molar-refractivity contribution in [2.45, 2.75) is 25.7 Å². The van der Waals surface area contributed by atoms with Gasteiger partial charge in [-0.25, -0.2) is 0 Å². The van der Waals surface area contributed by atoms with Crippen LogP contribution < -0.4 is 0 Å². The van der Waals surface area contributed by atoms with Gasteiger partial charge in [0, 0.05) is 13.1 Å². The highest BCUT2D eigenvalue weighted by Crippen LogP contribution is 2.28. The molecule has 0 aromatic carbocycles. The number of allylic oxidation sites excluding steroid dienone is 2. The van der Waals surface area contributed by atoms with Gasteiger partial charge < -0.3 is 10.0 Å². The molecule has 2 rings (SSSR count). The van der Waals surface area contributed by atoms with Gasteiger partial charge in [-0.1, -0.05) is 12.2 Å². The van der Waals surface area contributed by atoms with Crippen LogP contribution in [-0.2, 0) is 9.59 Å². The van der Waals surface area contributed by atoms with Crippen LogP contribution in [0.4, 0.5) is 0 Å². The zero-order valence-electron chi connectivity index (χ0n) is 9.26. The van der Waals surface area contributed by atoms with Gasteiger partial charge in [-0.3, -0.25) is 9.59 Å². The summed E-state index contributed by atoms with van der Waals surface area (Å²) in [5.41, 5.74) is 0. The minimum absolute atomic E-state index is 0.0363. The fraction of sp³-hybridized carbons (Fsp3) is 0.667. The largest absolute Gasteiger partial charge is 0.481 e. The molecule has 1 saturated heterocycles. The molecule has 2 aliphatic rings. The number of nitrogens with zero attached hydrogens (tertiary/aromatic N) is 1. The SMILES string of the molecule is O=C(O)[C@@H]1CC=CC[C@H]1C(=O)N1CCCC1. The average molecular weight is 223 g/mol. The van der Waals surface area contributed by atoms with Crippen molar-refractivity contribution in [2.75, 3.05) is 13.1 Å². The topological polar surface area (TPSA) is 57.6 Å². The first kappa shape index (κ1) is 11.2. The summed E-state index contributed by atoms with van der Waals surface area (Å²) in [6, 6.07) is 0. The van der Waals surface area contributed by atoms with Crippen molar-refractivity contribution in [1.29, 1.82) is 0 Å². The van der Waals surface area contributed by atoms with Crippen molar-refractivity contribution in [3.05, 3.63) is 12.2 Å². The van der Waals surface area contributed by atoms with Crippen LogP contribution in [0.2, 0.25) is 0 Å². The molecule has 1 amide bonds. The molecule has 16 heavy (non-hydrogen) atoms. The van der Waals surface area contributed by atoms with Gasteiger partial charge in [-0.05, 0) is 25.7 Å². The first-order valence-electron chi connectivity index (χ1n) is 5.86. The highest BCUT2D eigenvalue weighted by Gasteiger charge is 2.36. The van der Waals surface area contributed by atoms with E-state index < -0.39 is 11.9 Å². The molecular formula is C12H17NO3. The molecular weight excluding hydrogens is 206 g/mol. The zero-order chi connectivity index (χ0) is 11.5. The normalized spacial score (nSPS) is 29.4. The lowest BCUT2D eigenvalue weighted by molar-refractivity contribution is -0.150. The van der Waals surface area contributed by atoms with Gasteiger partial charge in [0.2, 0.25) is 5.91 Å². The van der Waals surface area contributed by atoms with Crippen molar-refractivity contribution in [3.63, 3.8) is 0 Å². The van der Waals surface area contributed by atoms with Crippen molar-refractivity contribution in [2.24, 2.45) is 11.8 Å². The predicted molar refractivity (Wildman–Crippen MR) is 58.8 cm³/mol. The molecule has 0 bridgehead atoms. The number of rotatable bonds is 2. The van der Waals surface area contributed by atoms with Crippen molar-refractivity contribution >= 4 is 11.9 Å². The third-order valence-corrected chi connectivity index (χ3v) is 3.48. The Kier molecular flexibility index (Phi) is 3.27. The van der Waals surface area contributed by atoms with Crippen LogP contribution in [0.1, 0.15) is 25.7 Å². The van der Waals surface area contributed by atoms with Crippen LogP contribution in [0.25, 0.3) is 0 Å². The Bertz CT molecular complexity index is 318. The molecule has 1 heterocycles. The van der Waals surface area contributed by atoms with E-state index in [1.54, 1.807) is 0 Å². The second-order valence-electron chi connectivity index (χ2n) is 4.53. The van der Waals surface area contributed by atoms with E-state index in [0.29, 0.717) is 12.8 Å². The Hall–Kier alpha value is -1.32. The molecule has 0 spiro atoms. The Labute approximate surface area is 94.9 Å². The van der Waals surface area contributed by atoms with Crippen LogP contribution in [-0.4, -0.2) is 35.0 Å². The second kappa shape index (κ2) is 4.68. The monoisotopic (exact) mass is 223 g/mol. The number of likely N-dealkylation sites (tertiary alicyclic amines) is 1. The van der Waals surface area contributed by atoms with Gasteiger partial charge in [0.25, 0.3) is 0 Å². The van der Waals surface area contributed by atoms with E-state index in [2.05, 4.69) is 0 Å². The summed E-state index contributed by atoms with van der Waals surface area (Å²) in [6.07, 6.45) is 6.95. The van der Waals surface area contributed by atoms with E-state index in [1.807, 2.05) is 17.1 Å². The molecule has 1 aliphatic heterocycles. The fourth-order valence-corrected chi connectivity index (χ4v) is 2.53. The third-order valence-electron chi connectivity index (χ3n) is 3.48. The van der Waals surface area contributed by atoms with Crippen LogP contribution in [0, 0.1) is 11.8 Å². The molecule has 4 nitrogen and oxygen atoms in total. The maximum atomic E-state index is 12.1. The Morgan fingerprint density at radius 2 is 1.62 bits per heavy atom. The van der Waals surface area contributed by atoms with Crippen molar-refractivity contribution < 1.29 is 14.7 Å². The Balaban J connectivity index is 2.08. The maximum absolute atomic E-state index is 12.1. The Morgan fingerprint density at radius 3 is 2.19 bits per heavy atom. The number of hydrogen-bond donors (Lipinski definition) is 1. The molecule has 0 unspecified atom stereocenters. The smallest absolute Gasteiger partial charge is 0.307 e. The molecule has 0 saturated carbocycles. The highest BCUT2D eigenvalue weighted by atomic mass is 16.4. The highest BCUT2D eigenvalue weighted by molar-refractivity contribution is 5.85. The number of aliphatic carboxylic acids is 1. The van der Waals surface area contributed by atoms with E-state index in [1.165, 1.54) is 0 Å². The summed E-state index contributed by atoms with van der Waals surface area (Å²) in [7, 11) is 0. The summed E-state index contributed by atoms with van der Waals surface area (Å²) >= 11 is 0. The summed E-state index contributed by atoms with van der Waals surface area (Å²) in [5.74, 6) is -1.69. The lowest BCUT2D eigenvalue weighted by atomic mass is 9.82. The van der Waals surface area contributed by atoms with Crippen LogP contribution in [0.15, 0.2) is 12.2 Å². The molecule has 0 aromatic rings. The zero-order valence-corrected chi connectivity index (χ0v) is 9.26. The van der Waals surface area contributed by atoms with Crippen LogP contribution >= 0.6 is 0 Å². The molecule has 2 atom stereocenters. The van der Waals surface area contributed by atoms with Gasteiger partial charge in [0.1, 0.15) is 0 Å². The molecule has 1 fully saturated rings. The third kappa shape index (κ3) is 2.10. The summed E-state index contributed by atoms with van der Waals surface area (Å²) in [4.78, 5) is 25.0. The first-order chi connectivity index (χ1) is 7.70. The van der Waals surface area contributed by atoms with E-state index in [-0.39, 0.29) is 11.8 Å². The van der Waals surface area contributed by atoms with E-state index in [9.17, 15) is 9.59 Å². The molecule has 0 radical (unpaired) electrons. The number of carbonyl (C=O) groups excluding carboxylic acids is 1. The van der Waals surface area contributed by atoms with Crippen LogP contribution in [0.3, 0.4) is 0 Å². The number of amides is 1. The lowest BCUT2D eigenvalue weighted by Crippen LogP contribution is -2.40. The van der Waals surface area contributed by atoms with E-state index >= 15 is 0 Å². The minimum Gasteiger partial charge on any atom is -0.481 e. The summed E-state index contributed by atoms with van der Waals surface area (Å²) < 4.78 is 0. The molecule has 4 heteroatoms. The van der Waals surface area contributed by atoms with Gasteiger partial charge in [0.05, 0.1) is 11.8 Å². The van der Waals surface area contributed by atoms with Crippen LogP contribution in [0.5, 0.6) is 0 Å². The Morgan fingerprint density at radius 1 is 1.06 bits per heavy atom. The number of carboxylic acids is 1. The first-order valence-corrected chi connectivity index (χ1v) is 5.86. The quantitative estimate of drug-likeness (QED) is 0.717. The minimum atomic E-state index is -0.845. The van der Waals surface area contributed by atoms with Gasteiger partial charge in [-0.15, -0.1) is 0 Å². The number of carboxylic acid groups (broad SMARTS) is 1. The predicted octanol–water partition coefficient (Wildman–Crippen LogP) is 1.28. The second-order valence-corrected chi connectivity index (χ2v) is 4.53. The van der Waals surface area contributed by atoms with Gasteiger partial charge in [-0.2, -0.15) is 0 Å². The van der Waals surface area contributed by atoms with Gasteiger partial charge >= 0.3 is 5.97 Å². The lowest BCUT2D eigenvalue weighted by Gasteiger charge is -2.28. The van der Waals surface area contributed by atoms with Crippen molar-refractivity contribution in [3.8, 4) is 0 Å². The standard InChI is InChI=1S/C12H17NO3/c14-11(13-7-3-4-8-13)9-5-1-2-6-10(9)12(15)16/h1-2,9-10H,3-8H2,(H,15,16)/t9-,10-/m1/s1. The maximum Gasteiger partial charge on any atom is 0.307 e. The van der Waals surface area contributed by atoms with Crippen molar-refractivity contribution in [1.82, 2.24) is 4.90 Å². The number of carbonyl (C=O) groups is 2.